The van der Waals surface area contributed by atoms with E-state index in [9.17, 15) is 21.6 Å². The summed E-state index contributed by atoms with van der Waals surface area (Å²) in [6, 6.07) is 6.59. The summed E-state index contributed by atoms with van der Waals surface area (Å²) in [6.45, 7) is 0.646. The molecule has 0 aliphatic carbocycles. The molecule has 1 aromatic carbocycles. The summed E-state index contributed by atoms with van der Waals surface area (Å²) in [5.74, 6) is 0.437. The van der Waals surface area contributed by atoms with Gasteiger partial charge in [0.05, 0.1) is 11.4 Å². The molecular weight excluding hydrogens is 528 g/mol. The molecule has 1 heterocycles. The van der Waals surface area contributed by atoms with Crippen LogP contribution in [0.25, 0.3) is 0 Å². The number of sulfone groups is 1. The highest BCUT2D eigenvalue weighted by Gasteiger charge is 2.33. The first-order valence-corrected chi connectivity index (χ1v) is 10.6. The largest absolute Gasteiger partial charge is 0.434 e. The van der Waals surface area contributed by atoms with Crippen molar-refractivity contribution in [2.75, 3.05) is 19.8 Å². The van der Waals surface area contributed by atoms with Crippen LogP contribution in [0.15, 0.2) is 39.5 Å². The third-order valence-electron chi connectivity index (χ3n) is 3.53. The van der Waals surface area contributed by atoms with Gasteiger partial charge in [-0.3, -0.25) is 4.99 Å². The zero-order valence-electron chi connectivity index (χ0n) is 15.1. The summed E-state index contributed by atoms with van der Waals surface area (Å²) in [5.41, 5.74) is 0.0462. The number of aliphatic imine (C=N–C) groups is 1. The van der Waals surface area contributed by atoms with Crippen LogP contribution in [0, 0.1) is 0 Å². The number of hydrogen-bond acceptors (Lipinski definition) is 5. The van der Waals surface area contributed by atoms with E-state index in [1.165, 1.54) is 0 Å². The van der Waals surface area contributed by atoms with Crippen molar-refractivity contribution in [2.24, 2.45) is 4.99 Å². The topological polar surface area (TPSA) is 83.5 Å². The molecule has 28 heavy (non-hydrogen) atoms. The normalized spacial score (nSPS) is 12.4. The zero-order chi connectivity index (χ0) is 20.1. The SMILES string of the molecule is CN=C(NCCc1ccc(S(C)(=O)=O)cc1)NCc1nc(C(F)(F)F)cs1.I. The molecule has 0 unspecified atom stereocenters. The Balaban J connectivity index is 0.00000392. The van der Waals surface area contributed by atoms with Crippen LogP contribution in [0.3, 0.4) is 0 Å². The van der Waals surface area contributed by atoms with Gasteiger partial charge in [-0.25, -0.2) is 13.4 Å². The zero-order valence-corrected chi connectivity index (χ0v) is 19.0. The number of thiazole rings is 1. The molecule has 0 radical (unpaired) electrons. The van der Waals surface area contributed by atoms with Gasteiger partial charge < -0.3 is 10.6 Å². The molecule has 0 amide bonds. The van der Waals surface area contributed by atoms with Crippen LogP contribution in [-0.4, -0.2) is 39.2 Å². The molecule has 2 rings (SSSR count). The second kappa shape index (κ2) is 10.4. The Hall–Kier alpha value is -1.41. The number of nitrogens with zero attached hydrogens (tertiary/aromatic N) is 2. The molecule has 2 N–H and O–H groups in total. The molecule has 2 aromatic rings. The predicted molar refractivity (Wildman–Crippen MR) is 114 cm³/mol. The first-order valence-electron chi connectivity index (χ1n) is 7.84. The van der Waals surface area contributed by atoms with Gasteiger partial charge in [-0.1, -0.05) is 12.1 Å². The van der Waals surface area contributed by atoms with Crippen molar-refractivity contribution in [1.29, 1.82) is 0 Å². The van der Waals surface area contributed by atoms with Crippen molar-refractivity contribution in [3.8, 4) is 0 Å². The van der Waals surface area contributed by atoms with Gasteiger partial charge in [-0.2, -0.15) is 13.2 Å². The van der Waals surface area contributed by atoms with Gasteiger partial charge in [-0.15, -0.1) is 35.3 Å². The third-order valence-corrected chi connectivity index (χ3v) is 5.51. The van der Waals surface area contributed by atoms with Crippen LogP contribution in [0.5, 0.6) is 0 Å². The minimum Gasteiger partial charge on any atom is -0.356 e. The predicted octanol–water partition coefficient (Wildman–Crippen LogP) is 3.09. The van der Waals surface area contributed by atoms with Gasteiger partial charge in [-0.05, 0) is 24.1 Å². The van der Waals surface area contributed by atoms with Crippen molar-refractivity contribution in [3.05, 3.63) is 45.9 Å². The van der Waals surface area contributed by atoms with E-state index in [2.05, 4.69) is 20.6 Å². The molecular formula is C16H20F3IN4O2S2. The molecule has 1 aromatic heterocycles. The van der Waals surface area contributed by atoms with Crippen LogP contribution in [-0.2, 0) is 29.0 Å². The lowest BCUT2D eigenvalue weighted by molar-refractivity contribution is -0.140. The number of alkyl halides is 3. The van der Waals surface area contributed by atoms with E-state index < -0.39 is 21.7 Å². The number of rotatable bonds is 6. The maximum absolute atomic E-state index is 12.5. The van der Waals surface area contributed by atoms with E-state index in [0.717, 1.165) is 28.5 Å². The second-order valence-electron chi connectivity index (χ2n) is 5.64. The Labute approximate surface area is 182 Å². The van der Waals surface area contributed by atoms with E-state index in [0.29, 0.717) is 23.9 Å². The lowest BCUT2D eigenvalue weighted by Gasteiger charge is -2.11. The molecule has 156 valence electrons. The van der Waals surface area contributed by atoms with Gasteiger partial charge in [0.1, 0.15) is 5.01 Å². The third kappa shape index (κ3) is 7.54. The Kier molecular flexibility index (Phi) is 9.14. The molecule has 0 saturated carbocycles. The average Bonchev–Trinajstić information content (AvgIpc) is 3.07. The van der Waals surface area contributed by atoms with Gasteiger partial charge in [0.2, 0.25) is 0 Å². The van der Waals surface area contributed by atoms with Gasteiger partial charge in [0, 0.05) is 25.2 Å². The van der Waals surface area contributed by atoms with Crippen molar-refractivity contribution < 1.29 is 21.6 Å². The Morgan fingerprint density at radius 1 is 1.21 bits per heavy atom. The number of guanidine groups is 1. The quantitative estimate of drug-likeness (QED) is 0.330. The molecule has 6 nitrogen and oxygen atoms in total. The maximum Gasteiger partial charge on any atom is 0.434 e. The fourth-order valence-corrected chi connectivity index (χ4v) is 3.50. The average molecular weight is 548 g/mol. The highest BCUT2D eigenvalue weighted by Crippen LogP contribution is 2.29. The fraction of sp³-hybridized carbons (Fsp3) is 0.375. The van der Waals surface area contributed by atoms with E-state index >= 15 is 0 Å². The monoisotopic (exact) mass is 548 g/mol. The van der Waals surface area contributed by atoms with Gasteiger partial charge in [0.15, 0.2) is 21.5 Å². The first kappa shape index (κ1) is 24.6. The lowest BCUT2D eigenvalue weighted by atomic mass is 10.1. The highest BCUT2D eigenvalue weighted by molar-refractivity contribution is 14.0. The van der Waals surface area contributed by atoms with Crippen LogP contribution in [0.1, 0.15) is 16.3 Å². The molecule has 0 aliphatic rings. The summed E-state index contributed by atoms with van der Waals surface area (Å²) < 4.78 is 60.5. The van der Waals surface area contributed by atoms with Crippen LogP contribution in [0.4, 0.5) is 13.2 Å². The van der Waals surface area contributed by atoms with Gasteiger partial charge in [0.25, 0.3) is 0 Å². The number of benzene rings is 1. The summed E-state index contributed by atoms with van der Waals surface area (Å²) in [7, 11) is -1.66. The molecule has 0 saturated heterocycles. The van der Waals surface area contributed by atoms with E-state index in [1.807, 2.05) is 0 Å². The van der Waals surface area contributed by atoms with Crippen molar-refractivity contribution in [2.45, 2.75) is 24.0 Å². The Bertz CT molecular complexity index is 897. The smallest absolute Gasteiger partial charge is 0.356 e. The molecule has 0 spiro atoms. The summed E-state index contributed by atoms with van der Waals surface area (Å²) in [4.78, 5) is 7.81. The molecule has 0 aliphatic heterocycles. The number of hydrogen-bond donors (Lipinski definition) is 2. The molecule has 0 bridgehead atoms. The number of aromatic nitrogens is 1. The molecule has 0 fully saturated rings. The molecule has 0 atom stereocenters. The standard InChI is InChI=1S/C16H19F3N4O2S2.HI/c1-20-15(22-9-14-23-13(10-26-14)16(17,18)19)21-8-7-11-3-5-12(6-4-11)27(2,24)25;/h3-6,10H,7-9H2,1-2H3,(H2,20,21,22);1H. The summed E-state index contributed by atoms with van der Waals surface area (Å²) >= 11 is 0.927. The highest BCUT2D eigenvalue weighted by atomic mass is 127. The fourth-order valence-electron chi connectivity index (χ4n) is 2.13. The first-order chi connectivity index (χ1) is 12.6. The summed E-state index contributed by atoms with van der Waals surface area (Å²) in [6.07, 6.45) is -2.67. The van der Waals surface area contributed by atoms with Crippen LogP contribution >= 0.6 is 35.3 Å². The van der Waals surface area contributed by atoms with E-state index in [-0.39, 0.29) is 35.4 Å². The lowest BCUT2D eigenvalue weighted by Crippen LogP contribution is -2.37. The Morgan fingerprint density at radius 3 is 2.36 bits per heavy atom. The van der Waals surface area contributed by atoms with Gasteiger partial charge >= 0.3 is 6.18 Å². The number of nitrogens with one attached hydrogen (secondary N) is 2. The van der Waals surface area contributed by atoms with Crippen molar-refractivity contribution >= 4 is 51.1 Å². The van der Waals surface area contributed by atoms with E-state index in [1.54, 1.807) is 31.3 Å². The summed E-state index contributed by atoms with van der Waals surface area (Å²) in [5, 5.41) is 7.24. The molecule has 12 heteroatoms. The Morgan fingerprint density at radius 2 is 1.86 bits per heavy atom. The van der Waals surface area contributed by atoms with E-state index in [4.69, 9.17) is 0 Å². The minimum atomic E-state index is -4.44. The second-order valence-corrected chi connectivity index (χ2v) is 8.60. The van der Waals surface area contributed by atoms with Crippen LogP contribution < -0.4 is 10.6 Å². The maximum atomic E-state index is 12.5. The van der Waals surface area contributed by atoms with Crippen LogP contribution in [0.2, 0.25) is 0 Å². The minimum absolute atomic E-state index is 0. The van der Waals surface area contributed by atoms with Crippen molar-refractivity contribution in [1.82, 2.24) is 15.6 Å². The van der Waals surface area contributed by atoms with Crippen molar-refractivity contribution in [3.63, 3.8) is 0 Å². The number of halogens is 4.